The van der Waals surface area contributed by atoms with Crippen molar-refractivity contribution >= 4 is 23.2 Å². The van der Waals surface area contributed by atoms with Crippen molar-refractivity contribution in [3.05, 3.63) is 36.2 Å². The summed E-state index contributed by atoms with van der Waals surface area (Å²) >= 11 is 0. The maximum absolute atomic E-state index is 11.2. The molecular formula is C12H13N5O. The van der Waals surface area contributed by atoms with Crippen LogP contribution in [-0.4, -0.2) is 28.1 Å². The molecule has 0 bridgehead atoms. The van der Waals surface area contributed by atoms with E-state index < -0.39 is 6.04 Å². The fourth-order valence-corrected chi connectivity index (χ4v) is 1.39. The summed E-state index contributed by atoms with van der Waals surface area (Å²) in [5, 5.41) is 3.84. The van der Waals surface area contributed by atoms with Gasteiger partial charge in [0.2, 0.25) is 0 Å². The van der Waals surface area contributed by atoms with E-state index in [-0.39, 0.29) is 5.91 Å². The monoisotopic (exact) mass is 243 g/mol. The van der Waals surface area contributed by atoms with Crippen molar-refractivity contribution in [2.75, 3.05) is 0 Å². The Morgan fingerprint density at radius 2 is 2.22 bits per heavy atom. The Kier molecular flexibility index (Phi) is 3.59. The molecule has 0 aliphatic carbocycles. The van der Waals surface area contributed by atoms with E-state index in [9.17, 15) is 4.79 Å². The molecule has 0 saturated carbocycles. The van der Waals surface area contributed by atoms with E-state index in [1.807, 2.05) is 18.2 Å². The van der Waals surface area contributed by atoms with Crippen LogP contribution in [0.1, 0.15) is 12.5 Å². The van der Waals surface area contributed by atoms with Crippen LogP contribution in [0.3, 0.4) is 0 Å². The molecular weight excluding hydrogens is 230 g/mol. The Morgan fingerprint density at radius 1 is 1.44 bits per heavy atom. The Balaban J connectivity index is 2.22. The number of fused-ring (bicyclic) bond motifs is 1. The molecule has 18 heavy (non-hydrogen) atoms. The minimum atomic E-state index is -0.588. The summed E-state index contributed by atoms with van der Waals surface area (Å²) < 4.78 is 0. The van der Waals surface area contributed by atoms with E-state index in [4.69, 9.17) is 5.73 Å². The van der Waals surface area contributed by atoms with Crippen LogP contribution < -0.4 is 11.2 Å². The molecule has 6 heteroatoms. The van der Waals surface area contributed by atoms with Gasteiger partial charge < -0.3 is 5.73 Å². The van der Waals surface area contributed by atoms with Gasteiger partial charge in [-0.25, -0.2) is 5.43 Å². The summed E-state index contributed by atoms with van der Waals surface area (Å²) in [6.07, 6.45) is 4.76. The molecule has 1 aromatic heterocycles. The predicted octanol–water partition coefficient (Wildman–Crippen LogP) is 0.427. The standard InChI is InChI=1S/C12H13N5O/c1-8(13)12(18)17-16-7-9-3-2-4-10-11(9)15-6-5-14-10/h2-8H,13H2,1H3,(H,17,18)/b16-7-/t8-/m0/s1. The highest BCUT2D eigenvalue weighted by atomic mass is 16.2. The first-order valence-corrected chi connectivity index (χ1v) is 5.46. The maximum atomic E-state index is 11.2. The number of hydrogen-bond donors (Lipinski definition) is 2. The van der Waals surface area contributed by atoms with Crippen molar-refractivity contribution in [2.24, 2.45) is 10.8 Å². The van der Waals surface area contributed by atoms with Crippen LogP contribution in [0.5, 0.6) is 0 Å². The molecule has 1 aromatic carbocycles. The Morgan fingerprint density at radius 3 is 3.00 bits per heavy atom. The number of carbonyl (C=O) groups is 1. The average molecular weight is 243 g/mol. The van der Waals surface area contributed by atoms with Crippen LogP contribution in [0.2, 0.25) is 0 Å². The zero-order valence-corrected chi connectivity index (χ0v) is 9.87. The first kappa shape index (κ1) is 12.1. The second kappa shape index (κ2) is 5.33. The van der Waals surface area contributed by atoms with Crippen LogP contribution in [0.4, 0.5) is 0 Å². The second-order valence-corrected chi connectivity index (χ2v) is 3.79. The molecule has 0 aliphatic rings. The molecule has 2 rings (SSSR count). The first-order chi connectivity index (χ1) is 8.68. The van der Waals surface area contributed by atoms with E-state index in [1.165, 1.54) is 6.21 Å². The average Bonchev–Trinajstić information content (AvgIpc) is 2.38. The first-order valence-electron chi connectivity index (χ1n) is 5.46. The van der Waals surface area contributed by atoms with Gasteiger partial charge in [0.05, 0.1) is 23.3 Å². The lowest BCUT2D eigenvalue weighted by Gasteiger charge is -2.02. The Bertz CT molecular complexity index is 589. The number of nitrogens with zero attached hydrogens (tertiary/aromatic N) is 3. The number of rotatable bonds is 3. The van der Waals surface area contributed by atoms with E-state index in [2.05, 4.69) is 20.5 Å². The number of hydrogen-bond acceptors (Lipinski definition) is 5. The maximum Gasteiger partial charge on any atom is 0.256 e. The summed E-state index contributed by atoms with van der Waals surface area (Å²) in [5.41, 5.74) is 10.0. The lowest BCUT2D eigenvalue weighted by Crippen LogP contribution is -2.35. The normalized spacial score (nSPS) is 12.8. The minimum absolute atomic E-state index is 0.336. The number of nitrogens with two attached hydrogens (primary N) is 1. The van der Waals surface area contributed by atoms with Crippen molar-refractivity contribution < 1.29 is 4.79 Å². The van der Waals surface area contributed by atoms with Gasteiger partial charge in [0, 0.05) is 18.0 Å². The van der Waals surface area contributed by atoms with Gasteiger partial charge in [0.1, 0.15) is 0 Å². The fraction of sp³-hybridized carbons (Fsp3) is 0.167. The van der Waals surface area contributed by atoms with Gasteiger partial charge >= 0.3 is 0 Å². The van der Waals surface area contributed by atoms with Gasteiger partial charge in [-0.1, -0.05) is 12.1 Å². The molecule has 0 aliphatic heterocycles. The van der Waals surface area contributed by atoms with E-state index in [0.29, 0.717) is 0 Å². The summed E-state index contributed by atoms with van der Waals surface area (Å²) in [5.74, 6) is -0.336. The second-order valence-electron chi connectivity index (χ2n) is 3.79. The van der Waals surface area contributed by atoms with Gasteiger partial charge in [-0.05, 0) is 13.0 Å². The van der Waals surface area contributed by atoms with Gasteiger partial charge in [-0.15, -0.1) is 0 Å². The van der Waals surface area contributed by atoms with Crippen LogP contribution >= 0.6 is 0 Å². The van der Waals surface area contributed by atoms with Gasteiger partial charge in [0.25, 0.3) is 5.91 Å². The van der Waals surface area contributed by atoms with Crippen molar-refractivity contribution in [3.8, 4) is 0 Å². The van der Waals surface area contributed by atoms with Crippen molar-refractivity contribution in [2.45, 2.75) is 13.0 Å². The highest BCUT2D eigenvalue weighted by molar-refractivity contribution is 5.96. The highest BCUT2D eigenvalue weighted by Crippen LogP contribution is 2.11. The highest BCUT2D eigenvalue weighted by Gasteiger charge is 2.04. The third-order valence-corrected chi connectivity index (χ3v) is 2.32. The molecule has 0 spiro atoms. The number of benzene rings is 1. The number of nitrogens with one attached hydrogen (secondary N) is 1. The quantitative estimate of drug-likeness (QED) is 0.603. The van der Waals surface area contributed by atoms with Gasteiger partial charge in [0.15, 0.2) is 0 Å². The summed E-state index contributed by atoms with van der Waals surface area (Å²) in [6.45, 7) is 1.59. The summed E-state index contributed by atoms with van der Waals surface area (Å²) in [7, 11) is 0. The van der Waals surface area contributed by atoms with Crippen LogP contribution in [0.15, 0.2) is 35.7 Å². The van der Waals surface area contributed by atoms with Crippen LogP contribution in [-0.2, 0) is 4.79 Å². The molecule has 0 saturated heterocycles. The van der Waals surface area contributed by atoms with E-state index in [0.717, 1.165) is 16.6 Å². The Labute approximate surface area is 104 Å². The molecule has 1 atom stereocenters. The smallest absolute Gasteiger partial charge is 0.256 e. The molecule has 2 aromatic rings. The van der Waals surface area contributed by atoms with E-state index in [1.54, 1.807) is 19.3 Å². The van der Waals surface area contributed by atoms with Crippen LogP contribution in [0.25, 0.3) is 11.0 Å². The molecule has 3 N–H and O–H groups in total. The summed E-state index contributed by atoms with van der Waals surface area (Å²) in [6, 6.07) is 4.97. The predicted molar refractivity (Wildman–Crippen MR) is 68.9 cm³/mol. The molecule has 1 amide bonds. The number of carbonyl (C=O) groups excluding carboxylic acids is 1. The number of para-hydroxylation sites is 1. The molecule has 92 valence electrons. The van der Waals surface area contributed by atoms with Gasteiger partial charge in [-0.2, -0.15) is 5.10 Å². The number of aromatic nitrogens is 2. The van der Waals surface area contributed by atoms with Crippen molar-refractivity contribution in [1.29, 1.82) is 0 Å². The van der Waals surface area contributed by atoms with Gasteiger partial charge in [-0.3, -0.25) is 14.8 Å². The molecule has 0 fully saturated rings. The van der Waals surface area contributed by atoms with E-state index >= 15 is 0 Å². The molecule has 0 unspecified atom stereocenters. The molecule has 1 heterocycles. The minimum Gasteiger partial charge on any atom is -0.320 e. The SMILES string of the molecule is C[C@H](N)C(=O)N/N=C\c1cccc2nccnc12. The lowest BCUT2D eigenvalue weighted by molar-refractivity contribution is -0.121. The number of hydrazone groups is 1. The largest absolute Gasteiger partial charge is 0.320 e. The zero-order chi connectivity index (χ0) is 13.0. The third kappa shape index (κ3) is 2.67. The molecule has 0 radical (unpaired) electrons. The third-order valence-electron chi connectivity index (χ3n) is 2.32. The lowest BCUT2D eigenvalue weighted by atomic mass is 10.2. The zero-order valence-electron chi connectivity index (χ0n) is 9.87. The number of amides is 1. The van der Waals surface area contributed by atoms with Crippen molar-refractivity contribution in [1.82, 2.24) is 15.4 Å². The Hall–Kier alpha value is -2.34. The summed E-state index contributed by atoms with van der Waals surface area (Å²) in [4.78, 5) is 19.6. The topological polar surface area (TPSA) is 93.3 Å². The van der Waals surface area contributed by atoms with Crippen molar-refractivity contribution in [3.63, 3.8) is 0 Å². The molecule has 6 nitrogen and oxygen atoms in total. The fourth-order valence-electron chi connectivity index (χ4n) is 1.39. The van der Waals surface area contributed by atoms with Crippen LogP contribution in [0, 0.1) is 0 Å².